The van der Waals surface area contributed by atoms with Crippen molar-refractivity contribution in [2.24, 2.45) is 0 Å². The minimum absolute atomic E-state index is 0.0194. The Hall–Kier alpha value is -1.87. The van der Waals surface area contributed by atoms with Crippen LogP contribution in [0.2, 0.25) is 0 Å². The fourth-order valence-corrected chi connectivity index (χ4v) is 3.89. The van der Waals surface area contributed by atoms with Gasteiger partial charge in [-0.1, -0.05) is 55.3 Å². The number of hydrogen-bond acceptors (Lipinski definition) is 3. The molecule has 1 N–H and O–H groups in total. The second-order valence-corrected chi connectivity index (χ2v) is 7.96. The van der Waals surface area contributed by atoms with Gasteiger partial charge in [0.1, 0.15) is 6.10 Å². The van der Waals surface area contributed by atoms with Gasteiger partial charge >= 0.3 is 5.97 Å². The van der Waals surface area contributed by atoms with Gasteiger partial charge in [-0.15, -0.1) is 0 Å². The first-order chi connectivity index (χ1) is 12.5. The number of ether oxygens (including phenoxy) is 1. The van der Waals surface area contributed by atoms with E-state index in [4.69, 9.17) is 4.74 Å². The molecule has 3 nitrogen and oxygen atoms in total. The lowest BCUT2D eigenvalue weighted by Gasteiger charge is -2.26. The zero-order valence-electron chi connectivity index (χ0n) is 15.7. The highest BCUT2D eigenvalue weighted by Crippen LogP contribution is 2.26. The van der Waals surface area contributed by atoms with Crippen molar-refractivity contribution in [1.29, 1.82) is 0 Å². The van der Waals surface area contributed by atoms with E-state index in [1.165, 1.54) is 5.39 Å². The van der Waals surface area contributed by atoms with E-state index in [1.807, 2.05) is 25.1 Å². The van der Waals surface area contributed by atoms with Gasteiger partial charge in [0.2, 0.25) is 0 Å². The van der Waals surface area contributed by atoms with Gasteiger partial charge < -0.3 is 9.84 Å². The van der Waals surface area contributed by atoms with Crippen LogP contribution in [0.5, 0.6) is 0 Å². The highest BCUT2D eigenvalue weighted by molar-refractivity contribution is 5.84. The van der Waals surface area contributed by atoms with Crippen molar-refractivity contribution in [3.05, 3.63) is 48.0 Å². The van der Waals surface area contributed by atoms with Crippen molar-refractivity contribution in [2.45, 2.75) is 76.4 Å². The number of carbonyl (C=O) groups excluding carboxylic acids is 1. The molecule has 1 aliphatic rings. The molecule has 0 aromatic heterocycles. The summed E-state index contributed by atoms with van der Waals surface area (Å²) in [7, 11) is 0. The fraction of sp³-hybridized carbons (Fsp3) is 0.522. The third-order valence-corrected chi connectivity index (χ3v) is 5.44. The molecule has 26 heavy (non-hydrogen) atoms. The molecule has 3 heteroatoms. The van der Waals surface area contributed by atoms with Crippen molar-refractivity contribution in [3.8, 4) is 0 Å². The maximum absolute atomic E-state index is 12.4. The lowest BCUT2D eigenvalue weighted by Crippen LogP contribution is -2.26. The zero-order valence-corrected chi connectivity index (χ0v) is 15.7. The first-order valence-corrected chi connectivity index (χ1v) is 9.91. The number of aliphatic hydroxyl groups is 1. The summed E-state index contributed by atoms with van der Waals surface area (Å²) in [6, 6.07) is 14.3. The van der Waals surface area contributed by atoms with Crippen LogP contribution in [0, 0.1) is 0 Å². The largest absolute Gasteiger partial charge is 0.462 e. The van der Waals surface area contributed by atoms with Crippen LogP contribution >= 0.6 is 0 Å². The Morgan fingerprint density at radius 1 is 1.04 bits per heavy atom. The summed E-state index contributed by atoms with van der Waals surface area (Å²) in [4.78, 5) is 12.4. The van der Waals surface area contributed by atoms with Crippen LogP contribution in [0.1, 0.15) is 63.9 Å². The predicted octanol–water partition coefficient (Wildman–Crippen LogP) is 5.18. The van der Waals surface area contributed by atoms with E-state index in [1.54, 1.807) is 0 Å². The Bertz CT molecular complexity index is 721. The Morgan fingerprint density at radius 3 is 2.38 bits per heavy atom. The number of carbonyl (C=O) groups is 1. The zero-order chi connectivity index (χ0) is 18.4. The first kappa shape index (κ1) is 18.9. The summed E-state index contributed by atoms with van der Waals surface area (Å²) in [6.07, 6.45) is 7.82. The molecule has 140 valence electrons. The number of hydrogen-bond donors (Lipinski definition) is 1. The normalized spacial score (nSPS) is 24.9. The lowest BCUT2D eigenvalue weighted by molar-refractivity contribution is -0.149. The van der Waals surface area contributed by atoms with E-state index in [9.17, 15) is 9.90 Å². The summed E-state index contributed by atoms with van der Waals surface area (Å²) in [5, 5.41) is 12.6. The molecule has 0 saturated heterocycles. The third kappa shape index (κ3) is 5.57. The molecule has 1 saturated carbocycles. The van der Waals surface area contributed by atoms with Gasteiger partial charge in [0.15, 0.2) is 0 Å². The lowest BCUT2D eigenvalue weighted by atomic mass is 9.89. The minimum Gasteiger partial charge on any atom is -0.462 e. The predicted molar refractivity (Wildman–Crippen MR) is 105 cm³/mol. The summed E-state index contributed by atoms with van der Waals surface area (Å²) in [6.45, 7) is 1.94. The minimum atomic E-state index is -0.528. The van der Waals surface area contributed by atoms with Crippen LogP contribution < -0.4 is 0 Å². The van der Waals surface area contributed by atoms with E-state index in [2.05, 4.69) is 24.3 Å². The molecule has 0 unspecified atom stereocenters. The first-order valence-electron chi connectivity index (χ1n) is 9.91. The van der Waals surface area contributed by atoms with E-state index >= 15 is 0 Å². The van der Waals surface area contributed by atoms with Gasteiger partial charge in [0.05, 0.1) is 12.0 Å². The smallest absolute Gasteiger partial charge is 0.310 e. The Kier molecular flexibility index (Phi) is 6.31. The second-order valence-electron chi connectivity index (χ2n) is 7.96. The standard InChI is InChI=1S/C23H30O3/c1-23(25)14-6-4-10-21(11-5-7-15-23)26-22(24)17-18-12-13-19-8-2-3-9-20(19)16-18/h2-3,8-9,12-13,16,21,25H,4-7,10-11,14-15,17H2,1H3. The Labute approximate surface area is 156 Å². The molecule has 1 fully saturated rings. The van der Waals surface area contributed by atoms with Crippen molar-refractivity contribution in [2.75, 3.05) is 0 Å². The van der Waals surface area contributed by atoms with Crippen molar-refractivity contribution in [1.82, 2.24) is 0 Å². The summed E-state index contributed by atoms with van der Waals surface area (Å²) in [5.41, 5.74) is 0.476. The molecular formula is C23H30O3. The molecule has 0 spiro atoms. The summed E-state index contributed by atoms with van der Waals surface area (Å²) >= 11 is 0. The number of rotatable bonds is 3. The topological polar surface area (TPSA) is 46.5 Å². The fourth-order valence-electron chi connectivity index (χ4n) is 3.89. The molecule has 0 bridgehead atoms. The van der Waals surface area contributed by atoms with Crippen LogP contribution in [0.3, 0.4) is 0 Å². The third-order valence-electron chi connectivity index (χ3n) is 5.44. The molecule has 0 aliphatic heterocycles. The monoisotopic (exact) mass is 354 g/mol. The van der Waals surface area contributed by atoms with E-state index in [0.29, 0.717) is 6.42 Å². The van der Waals surface area contributed by atoms with E-state index in [0.717, 1.165) is 62.3 Å². The van der Waals surface area contributed by atoms with Crippen LogP contribution in [0.15, 0.2) is 42.5 Å². The van der Waals surface area contributed by atoms with E-state index < -0.39 is 5.60 Å². The van der Waals surface area contributed by atoms with Gasteiger partial charge in [0, 0.05) is 0 Å². The molecular weight excluding hydrogens is 324 g/mol. The average molecular weight is 354 g/mol. The number of benzene rings is 2. The van der Waals surface area contributed by atoms with Crippen LogP contribution in [-0.2, 0) is 16.0 Å². The molecule has 1 aliphatic carbocycles. The molecule has 0 heterocycles. The molecule has 0 atom stereocenters. The molecule has 0 radical (unpaired) electrons. The maximum Gasteiger partial charge on any atom is 0.310 e. The Morgan fingerprint density at radius 2 is 1.69 bits per heavy atom. The average Bonchev–Trinajstić information content (AvgIpc) is 2.61. The Balaban J connectivity index is 1.54. The summed E-state index contributed by atoms with van der Waals surface area (Å²) < 4.78 is 5.79. The van der Waals surface area contributed by atoms with Crippen LogP contribution in [-0.4, -0.2) is 22.8 Å². The molecule has 2 aromatic carbocycles. The number of fused-ring (bicyclic) bond motifs is 1. The molecule has 0 amide bonds. The molecule has 3 rings (SSSR count). The highest BCUT2D eigenvalue weighted by Gasteiger charge is 2.22. The number of esters is 1. The quantitative estimate of drug-likeness (QED) is 0.773. The van der Waals surface area contributed by atoms with Crippen LogP contribution in [0.4, 0.5) is 0 Å². The van der Waals surface area contributed by atoms with Crippen molar-refractivity contribution >= 4 is 16.7 Å². The van der Waals surface area contributed by atoms with E-state index in [-0.39, 0.29) is 12.1 Å². The maximum atomic E-state index is 12.4. The van der Waals surface area contributed by atoms with Crippen LogP contribution in [0.25, 0.3) is 10.8 Å². The molecule has 2 aromatic rings. The van der Waals surface area contributed by atoms with Gasteiger partial charge in [-0.05, 0) is 61.8 Å². The van der Waals surface area contributed by atoms with Gasteiger partial charge in [0.25, 0.3) is 0 Å². The second kappa shape index (κ2) is 8.68. The van der Waals surface area contributed by atoms with Gasteiger partial charge in [-0.3, -0.25) is 4.79 Å². The van der Waals surface area contributed by atoms with Gasteiger partial charge in [-0.25, -0.2) is 0 Å². The van der Waals surface area contributed by atoms with Crippen molar-refractivity contribution < 1.29 is 14.6 Å². The summed E-state index contributed by atoms with van der Waals surface area (Å²) in [5.74, 6) is -0.130. The van der Waals surface area contributed by atoms with Crippen molar-refractivity contribution in [3.63, 3.8) is 0 Å². The SMILES string of the molecule is CC1(O)CCCCC(OC(=O)Cc2ccc3ccccc3c2)CCCC1. The highest BCUT2D eigenvalue weighted by atomic mass is 16.5. The van der Waals surface area contributed by atoms with Gasteiger partial charge in [-0.2, -0.15) is 0 Å².